The first-order valence-electron chi connectivity index (χ1n) is 8.73. The number of nitrogens with zero attached hydrogens (tertiary/aromatic N) is 1. The summed E-state index contributed by atoms with van der Waals surface area (Å²) in [5.74, 6) is 0. The van der Waals surface area contributed by atoms with Crippen LogP contribution in [0.25, 0.3) is 10.8 Å². The van der Waals surface area contributed by atoms with Crippen molar-refractivity contribution in [1.82, 2.24) is 4.31 Å². The summed E-state index contributed by atoms with van der Waals surface area (Å²) in [5.41, 5.74) is 2.12. The molecule has 0 bridgehead atoms. The van der Waals surface area contributed by atoms with Crippen LogP contribution >= 0.6 is 0 Å². The van der Waals surface area contributed by atoms with Gasteiger partial charge in [-0.1, -0.05) is 75.4 Å². The summed E-state index contributed by atoms with van der Waals surface area (Å²) in [6, 6.07) is 21.2. The predicted molar refractivity (Wildman–Crippen MR) is 108 cm³/mol. The fourth-order valence-corrected chi connectivity index (χ4v) is 4.21. The maximum Gasteiger partial charge on any atom is 0.243 e. The number of sulfonamides is 1. The van der Waals surface area contributed by atoms with Crippen LogP contribution in [0.15, 0.2) is 71.6 Å². The standard InChI is InChI=1S/C22H25NO2S/c1-22(2,3)19-12-14-20(15-13-19)26(24,25)23(4)16-18-10-7-9-17-8-5-6-11-21(17)18/h5-15H,16H2,1-4H3. The molecule has 0 aliphatic rings. The average Bonchev–Trinajstić information content (AvgIpc) is 2.61. The number of benzene rings is 3. The van der Waals surface area contributed by atoms with E-state index in [0.29, 0.717) is 11.4 Å². The lowest BCUT2D eigenvalue weighted by atomic mass is 9.87. The lowest BCUT2D eigenvalue weighted by Crippen LogP contribution is -2.26. The summed E-state index contributed by atoms with van der Waals surface area (Å²) in [5, 5.41) is 2.20. The van der Waals surface area contributed by atoms with E-state index >= 15 is 0 Å². The Morgan fingerprint density at radius 2 is 1.46 bits per heavy atom. The van der Waals surface area contributed by atoms with Gasteiger partial charge in [-0.2, -0.15) is 4.31 Å². The molecule has 4 heteroatoms. The van der Waals surface area contributed by atoms with E-state index in [1.807, 2.05) is 54.6 Å². The van der Waals surface area contributed by atoms with Crippen LogP contribution < -0.4 is 0 Å². The molecule has 3 nitrogen and oxygen atoms in total. The molecule has 0 saturated carbocycles. The van der Waals surface area contributed by atoms with Gasteiger partial charge in [-0.05, 0) is 39.4 Å². The molecule has 0 atom stereocenters. The molecule has 0 N–H and O–H groups in total. The molecule has 0 aromatic heterocycles. The van der Waals surface area contributed by atoms with Gasteiger partial charge in [0.1, 0.15) is 0 Å². The molecule has 0 aliphatic heterocycles. The molecule has 0 aliphatic carbocycles. The summed E-state index contributed by atoms with van der Waals surface area (Å²) < 4.78 is 27.3. The van der Waals surface area contributed by atoms with Crippen LogP contribution in [-0.4, -0.2) is 19.8 Å². The van der Waals surface area contributed by atoms with Crippen molar-refractivity contribution >= 4 is 20.8 Å². The highest BCUT2D eigenvalue weighted by Crippen LogP contribution is 2.26. The fraction of sp³-hybridized carbons (Fsp3) is 0.273. The molecule has 3 aromatic carbocycles. The Morgan fingerprint density at radius 3 is 2.12 bits per heavy atom. The van der Waals surface area contributed by atoms with Crippen molar-refractivity contribution in [3.8, 4) is 0 Å². The predicted octanol–water partition coefficient (Wildman–Crippen LogP) is 4.96. The molecule has 0 radical (unpaired) electrons. The van der Waals surface area contributed by atoms with Crippen molar-refractivity contribution in [3.63, 3.8) is 0 Å². The van der Waals surface area contributed by atoms with E-state index in [4.69, 9.17) is 0 Å². The summed E-state index contributed by atoms with van der Waals surface area (Å²) in [7, 11) is -1.90. The minimum absolute atomic E-state index is 0.00283. The second kappa shape index (κ2) is 6.86. The zero-order chi connectivity index (χ0) is 18.9. The molecular formula is C22H25NO2S. The SMILES string of the molecule is CN(Cc1cccc2ccccc12)S(=O)(=O)c1ccc(C(C)(C)C)cc1. The van der Waals surface area contributed by atoms with Crippen molar-refractivity contribution in [2.75, 3.05) is 7.05 Å². The summed E-state index contributed by atoms with van der Waals surface area (Å²) >= 11 is 0. The van der Waals surface area contributed by atoms with Gasteiger partial charge < -0.3 is 0 Å². The smallest absolute Gasteiger partial charge is 0.207 e. The van der Waals surface area contributed by atoms with Crippen LogP contribution in [0.5, 0.6) is 0 Å². The highest BCUT2D eigenvalue weighted by atomic mass is 32.2. The molecule has 0 saturated heterocycles. The van der Waals surface area contributed by atoms with Gasteiger partial charge >= 0.3 is 0 Å². The molecule has 136 valence electrons. The van der Waals surface area contributed by atoms with Crippen molar-refractivity contribution in [2.24, 2.45) is 0 Å². The zero-order valence-corrected chi connectivity index (χ0v) is 16.5. The van der Waals surface area contributed by atoms with Crippen LogP contribution in [0.4, 0.5) is 0 Å². The summed E-state index contributed by atoms with van der Waals surface area (Å²) in [4.78, 5) is 0.327. The second-order valence-electron chi connectivity index (χ2n) is 7.67. The Balaban J connectivity index is 1.89. The average molecular weight is 368 g/mol. The first-order chi connectivity index (χ1) is 12.2. The van der Waals surface area contributed by atoms with Gasteiger partial charge in [-0.3, -0.25) is 0 Å². The second-order valence-corrected chi connectivity index (χ2v) is 9.72. The Kier molecular flexibility index (Phi) is 4.91. The van der Waals surface area contributed by atoms with Crippen molar-refractivity contribution in [2.45, 2.75) is 37.6 Å². The molecule has 0 unspecified atom stereocenters. The van der Waals surface area contributed by atoms with E-state index in [9.17, 15) is 8.42 Å². The first-order valence-corrected chi connectivity index (χ1v) is 10.2. The van der Waals surface area contributed by atoms with Gasteiger partial charge in [-0.15, -0.1) is 0 Å². The van der Waals surface area contributed by atoms with E-state index in [2.05, 4.69) is 20.8 Å². The van der Waals surface area contributed by atoms with Gasteiger partial charge in [0.2, 0.25) is 10.0 Å². The van der Waals surface area contributed by atoms with E-state index in [1.54, 1.807) is 19.2 Å². The topological polar surface area (TPSA) is 37.4 Å². The number of fused-ring (bicyclic) bond motifs is 1. The zero-order valence-electron chi connectivity index (χ0n) is 15.7. The largest absolute Gasteiger partial charge is 0.243 e. The lowest BCUT2D eigenvalue weighted by Gasteiger charge is -2.21. The first kappa shape index (κ1) is 18.6. The molecule has 3 aromatic rings. The Labute approximate surface area is 156 Å². The molecule has 0 fully saturated rings. The third-order valence-corrected chi connectivity index (χ3v) is 6.52. The molecule has 0 amide bonds. The Morgan fingerprint density at radius 1 is 0.846 bits per heavy atom. The maximum absolute atomic E-state index is 13.0. The normalized spacial score (nSPS) is 12.7. The van der Waals surface area contributed by atoms with Gasteiger partial charge in [0.25, 0.3) is 0 Å². The van der Waals surface area contributed by atoms with Crippen LogP contribution in [0.3, 0.4) is 0 Å². The van der Waals surface area contributed by atoms with E-state index in [-0.39, 0.29) is 5.41 Å². The van der Waals surface area contributed by atoms with Crippen molar-refractivity contribution in [1.29, 1.82) is 0 Å². The minimum atomic E-state index is -3.53. The fourth-order valence-electron chi connectivity index (χ4n) is 3.06. The quantitative estimate of drug-likeness (QED) is 0.654. The van der Waals surface area contributed by atoms with E-state index in [1.165, 1.54) is 4.31 Å². The van der Waals surface area contributed by atoms with Crippen LogP contribution in [-0.2, 0) is 22.0 Å². The van der Waals surface area contributed by atoms with Crippen molar-refractivity contribution in [3.05, 3.63) is 77.9 Å². The van der Waals surface area contributed by atoms with Crippen LogP contribution in [0.2, 0.25) is 0 Å². The van der Waals surface area contributed by atoms with Gasteiger partial charge in [0, 0.05) is 13.6 Å². The maximum atomic E-state index is 13.0. The van der Waals surface area contributed by atoms with E-state index < -0.39 is 10.0 Å². The highest BCUT2D eigenvalue weighted by Gasteiger charge is 2.22. The molecular weight excluding hydrogens is 342 g/mol. The summed E-state index contributed by atoms with van der Waals surface area (Å²) in [6.45, 7) is 6.68. The van der Waals surface area contributed by atoms with Crippen LogP contribution in [0.1, 0.15) is 31.9 Å². The molecule has 26 heavy (non-hydrogen) atoms. The highest BCUT2D eigenvalue weighted by molar-refractivity contribution is 7.89. The molecule has 0 heterocycles. The third kappa shape index (κ3) is 3.67. The summed E-state index contributed by atoms with van der Waals surface area (Å²) in [6.07, 6.45) is 0. The Hall–Kier alpha value is -2.17. The van der Waals surface area contributed by atoms with Gasteiger partial charge in [0.05, 0.1) is 4.90 Å². The van der Waals surface area contributed by atoms with Crippen LogP contribution in [0, 0.1) is 0 Å². The van der Waals surface area contributed by atoms with Gasteiger partial charge in [-0.25, -0.2) is 8.42 Å². The Bertz CT molecular complexity index is 1010. The van der Waals surface area contributed by atoms with Crippen molar-refractivity contribution < 1.29 is 8.42 Å². The lowest BCUT2D eigenvalue weighted by molar-refractivity contribution is 0.468. The molecule has 3 rings (SSSR count). The minimum Gasteiger partial charge on any atom is -0.207 e. The third-order valence-electron chi connectivity index (χ3n) is 4.70. The van der Waals surface area contributed by atoms with E-state index in [0.717, 1.165) is 21.9 Å². The molecule has 0 spiro atoms. The van der Waals surface area contributed by atoms with Gasteiger partial charge in [0.15, 0.2) is 0 Å². The number of rotatable bonds is 4. The monoisotopic (exact) mass is 367 g/mol. The number of hydrogen-bond acceptors (Lipinski definition) is 2. The number of hydrogen-bond donors (Lipinski definition) is 0.